The summed E-state index contributed by atoms with van der Waals surface area (Å²) in [5.41, 5.74) is 0. The highest BCUT2D eigenvalue weighted by atomic mass is 16.5. The van der Waals surface area contributed by atoms with E-state index < -0.39 is 0 Å². The van der Waals surface area contributed by atoms with Gasteiger partial charge < -0.3 is 15.2 Å². The summed E-state index contributed by atoms with van der Waals surface area (Å²) in [5, 5.41) is 12.1. The van der Waals surface area contributed by atoms with Gasteiger partial charge in [0.05, 0.1) is 6.10 Å². The van der Waals surface area contributed by atoms with Gasteiger partial charge in [-0.25, -0.2) is 0 Å². The van der Waals surface area contributed by atoms with Crippen LogP contribution < -0.4 is 5.32 Å². The van der Waals surface area contributed by atoms with E-state index in [1.54, 1.807) is 14.0 Å². The third-order valence-electron chi connectivity index (χ3n) is 1.64. The Morgan fingerprint density at radius 1 is 1.33 bits per heavy atom. The van der Waals surface area contributed by atoms with Crippen LogP contribution in [0, 0.1) is 0 Å². The maximum Gasteiger partial charge on any atom is 0.0636 e. The fourth-order valence-corrected chi connectivity index (χ4v) is 0.984. The largest absolute Gasteiger partial charge is 0.392 e. The standard InChI is InChI=1S/C9H21NO2/c1-9(11)8-10-6-4-3-5-7-12-2/h9-11H,3-8H2,1-2H3/t9-/m1/s1. The van der Waals surface area contributed by atoms with Crippen LogP contribution in [0.3, 0.4) is 0 Å². The van der Waals surface area contributed by atoms with E-state index in [-0.39, 0.29) is 6.10 Å². The van der Waals surface area contributed by atoms with Gasteiger partial charge >= 0.3 is 0 Å². The number of nitrogens with one attached hydrogen (secondary N) is 1. The molecule has 0 saturated carbocycles. The molecule has 2 N–H and O–H groups in total. The first-order valence-electron chi connectivity index (χ1n) is 4.65. The molecule has 0 aromatic heterocycles. The fraction of sp³-hybridized carbons (Fsp3) is 1.00. The summed E-state index contributed by atoms with van der Waals surface area (Å²) in [4.78, 5) is 0. The van der Waals surface area contributed by atoms with E-state index in [1.807, 2.05) is 0 Å². The van der Waals surface area contributed by atoms with Gasteiger partial charge in [-0.1, -0.05) is 0 Å². The second-order valence-electron chi connectivity index (χ2n) is 3.11. The lowest BCUT2D eigenvalue weighted by molar-refractivity contribution is 0.187. The highest BCUT2D eigenvalue weighted by molar-refractivity contribution is 4.52. The van der Waals surface area contributed by atoms with Crippen molar-refractivity contribution < 1.29 is 9.84 Å². The Kier molecular flexibility index (Phi) is 8.88. The van der Waals surface area contributed by atoms with E-state index in [0.29, 0.717) is 6.54 Å². The first-order valence-corrected chi connectivity index (χ1v) is 4.65. The summed E-state index contributed by atoms with van der Waals surface area (Å²) in [5.74, 6) is 0. The van der Waals surface area contributed by atoms with Gasteiger partial charge in [-0.15, -0.1) is 0 Å². The molecule has 0 fully saturated rings. The summed E-state index contributed by atoms with van der Waals surface area (Å²) in [7, 11) is 1.73. The van der Waals surface area contributed by atoms with Crippen LogP contribution >= 0.6 is 0 Å². The number of unbranched alkanes of at least 4 members (excludes halogenated alkanes) is 2. The normalized spacial score (nSPS) is 13.2. The highest BCUT2D eigenvalue weighted by Gasteiger charge is 1.93. The van der Waals surface area contributed by atoms with Crippen LogP contribution in [0.15, 0.2) is 0 Å². The number of aliphatic hydroxyl groups excluding tert-OH is 1. The van der Waals surface area contributed by atoms with Gasteiger partial charge in [-0.3, -0.25) is 0 Å². The van der Waals surface area contributed by atoms with Crippen molar-refractivity contribution >= 4 is 0 Å². The zero-order chi connectivity index (χ0) is 9.23. The number of ether oxygens (including phenoxy) is 1. The van der Waals surface area contributed by atoms with Gasteiger partial charge in [0, 0.05) is 20.3 Å². The molecule has 0 unspecified atom stereocenters. The van der Waals surface area contributed by atoms with Gasteiger partial charge in [0.1, 0.15) is 0 Å². The average Bonchev–Trinajstić information content (AvgIpc) is 2.02. The highest BCUT2D eigenvalue weighted by Crippen LogP contribution is 1.93. The topological polar surface area (TPSA) is 41.5 Å². The van der Waals surface area contributed by atoms with Crippen molar-refractivity contribution in [3.63, 3.8) is 0 Å². The predicted molar refractivity (Wildman–Crippen MR) is 50.3 cm³/mol. The molecule has 0 bridgehead atoms. The first kappa shape index (κ1) is 11.9. The molecule has 0 radical (unpaired) electrons. The van der Waals surface area contributed by atoms with Gasteiger partial charge in [0.15, 0.2) is 0 Å². The maximum atomic E-state index is 8.91. The molecular formula is C9H21NO2. The first-order chi connectivity index (χ1) is 5.77. The minimum atomic E-state index is -0.232. The third-order valence-corrected chi connectivity index (χ3v) is 1.64. The Morgan fingerprint density at radius 2 is 2.08 bits per heavy atom. The smallest absolute Gasteiger partial charge is 0.0636 e. The average molecular weight is 175 g/mol. The minimum Gasteiger partial charge on any atom is -0.392 e. The van der Waals surface area contributed by atoms with E-state index in [9.17, 15) is 0 Å². The molecular weight excluding hydrogens is 154 g/mol. The molecule has 1 atom stereocenters. The maximum absolute atomic E-state index is 8.91. The summed E-state index contributed by atoms with van der Waals surface area (Å²) in [6, 6.07) is 0. The molecule has 0 rings (SSSR count). The summed E-state index contributed by atoms with van der Waals surface area (Å²) in [6.45, 7) is 4.34. The second-order valence-corrected chi connectivity index (χ2v) is 3.11. The van der Waals surface area contributed by atoms with Gasteiger partial charge in [0.25, 0.3) is 0 Å². The molecule has 74 valence electrons. The zero-order valence-electron chi connectivity index (χ0n) is 8.18. The molecule has 0 aliphatic rings. The van der Waals surface area contributed by atoms with Crippen LogP contribution in [0.25, 0.3) is 0 Å². The molecule has 0 aromatic carbocycles. The molecule has 0 amide bonds. The molecule has 3 nitrogen and oxygen atoms in total. The quantitative estimate of drug-likeness (QED) is 0.535. The van der Waals surface area contributed by atoms with E-state index >= 15 is 0 Å². The Hall–Kier alpha value is -0.120. The van der Waals surface area contributed by atoms with Crippen molar-refractivity contribution in [1.82, 2.24) is 5.32 Å². The molecule has 12 heavy (non-hydrogen) atoms. The summed E-state index contributed by atoms with van der Waals surface area (Å²) >= 11 is 0. The van der Waals surface area contributed by atoms with E-state index in [1.165, 1.54) is 6.42 Å². The fourth-order valence-electron chi connectivity index (χ4n) is 0.984. The van der Waals surface area contributed by atoms with Crippen molar-refractivity contribution in [1.29, 1.82) is 0 Å². The van der Waals surface area contributed by atoms with Crippen LogP contribution in [0.4, 0.5) is 0 Å². The van der Waals surface area contributed by atoms with Crippen LogP contribution in [-0.4, -0.2) is 38.0 Å². The van der Waals surface area contributed by atoms with Gasteiger partial charge in [-0.2, -0.15) is 0 Å². The van der Waals surface area contributed by atoms with E-state index in [0.717, 1.165) is 26.0 Å². The van der Waals surface area contributed by atoms with Crippen LogP contribution in [-0.2, 0) is 4.74 Å². The summed E-state index contributed by atoms with van der Waals surface area (Å²) in [6.07, 6.45) is 3.26. The second kappa shape index (κ2) is 8.97. The summed E-state index contributed by atoms with van der Waals surface area (Å²) < 4.78 is 4.93. The Balaban J connectivity index is 2.82. The molecule has 0 saturated heterocycles. The van der Waals surface area contributed by atoms with Crippen LogP contribution in [0.5, 0.6) is 0 Å². The Labute approximate surface area is 75.1 Å². The van der Waals surface area contributed by atoms with Crippen molar-refractivity contribution in [2.24, 2.45) is 0 Å². The number of hydrogen-bond acceptors (Lipinski definition) is 3. The Bertz CT molecular complexity index is 86.6. The van der Waals surface area contributed by atoms with Crippen molar-refractivity contribution in [2.75, 3.05) is 26.8 Å². The lowest BCUT2D eigenvalue weighted by atomic mass is 10.2. The number of aliphatic hydroxyl groups is 1. The SMILES string of the molecule is COCCCCCNC[C@@H](C)O. The van der Waals surface area contributed by atoms with Gasteiger partial charge in [0.2, 0.25) is 0 Å². The Morgan fingerprint density at radius 3 is 2.67 bits per heavy atom. The molecule has 3 heteroatoms. The van der Waals surface area contributed by atoms with Crippen molar-refractivity contribution in [3.05, 3.63) is 0 Å². The van der Waals surface area contributed by atoms with Gasteiger partial charge in [-0.05, 0) is 32.7 Å². The lowest BCUT2D eigenvalue weighted by Gasteiger charge is -2.05. The third kappa shape index (κ3) is 9.88. The predicted octanol–water partition coefficient (Wildman–Crippen LogP) is 0.774. The monoisotopic (exact) mass is 175 g/mol. The number of methoxy groups -OCH3 is 1. The van der Waals surface area contributed by atoms with Crippen molar-refractivity contribution in [3.8, 4) is 0 Å². The molecule has 0 spiro atoms. The number of rotatable bonds is 8. The molecule has 0 heterocycles. The van der Waals surface area contributed by atoms with E-state index in [4.69, 9.17) is 9.84 Å². The molecule has 0 aliphatic carbocycles. The zero-order valence-corrected chi connectivity index (χ0v) is 8.18. The van der Waals surface area contributed by atoms with E-state index in [2.05, 4.69) is 5.32 Å². The minimum absolute atomic E-state index is 0.232. The van der Waals surface area contributed by atoms with Crippen molar-refractivity contribution in [2.45, 2.75) is 32.3 Å². The molecule has 0 aliphatic heterocycles. The number of hydrogen-bond donors (Lipinski definition) is 2. The molecule has 0 aromatic rings. The van der Waals surface area contributed by atoms with Crippen LogP contribution in [0.2, 0.25) is 0 Å². The van der Waals surface area contributed by atoms with Crippen LogP contribution in [0.1, 0.15) is 26.2 Å². The lowest BCUT2D eigenvalue weighted by Crippen LogP contribution is -2.25.